The van der Waals surface area contributed by atoms with Crippen molar-refractivity contribution in [1.82, 2.24) is 0 Å². The molecule has 0 aromatic heterocycles. The molecule has 0 bridgehead atoms. The lowest BCUT2D eigenvalue weighted by atomic mass is 9.99. The molecular formula is C24H42O21. The SMILES string of the molecule is OC[C@H]1O[C@@](CO)(OC[C@@]2(OC[C@@]3(O[C@H]4O[C@H](CO)[C@@H](O)[C@H](O)[C@H]4O)O[C@H](CO)[C@@H](O)[C@@H]3O)O[C@H](CO)[C@@H](O)[C@@H]2O)[C@@H](O)[C@@H]1O. The Morgan fingerprint density at radius 2 is 0.844 bits per heavy atom. The molecule has 4 heterocycles. The molecule has 4 rings (SSSR count). The first-order valence-corrected chi connectivity index (χ1v) is 14.0. The predicted molar refractivity (Wildman–Crippen MR) is 134 cm³/mol. The average molecular weight is 667 g/mol. The molecule has 21 nitrogen and oxygen atoms in total. The predicted octanol–water partition coefficient (Wildman–Crippen LogP) is -9.74. The topological polar surface area (TPSA) is 348 Å². The van der Waals surface area contributed by atoms with E-state index >= 15 is 0 Å². The third kappa shape index (κ3) is 6.49. The summed E-state index contributed by atoms with van der Waals surface area (Å²) in [5.41, 5.74) is 0. The minimum absolute atomic E-state index is 0.809. The zero-order valence-electron chi connectivity index (χ0n) is 23.7. The van der Waals surface area contributed by atoms with Gasteiger partial charge in [0.15, 0.2) is 6.29 Å². The van der Waals surface area contributed by atoms with E-state index in [1.807, 2.05) is 0 Å². The van der Waals surface area contributed by atoms with E-state index < -0.39 is 149 Å². The van der Waals surface area contributed by atoms with Crippen molar-refractivity contribution in [3.05, 3.63) is 0 Å². The number of ether oxygens (including phenoxy) is 7. The molecule has 0 aromatic carbocycles. The summed E-state index contributed by atoms with van der Waals surface area (Å²) in [6, 6.07) is 0. The Labute approximate surface area is 254 Å². The van der Waals surface area contributed by atoms with Gasteiger partial charge in [-0.3, -0.25) is 0 Å². The summed E-state index contributed by atoms with van der Waals surface area (Å²) >= 11 is 0. The number of rotatable bonds is 13. The lowest BCUT2D eigenvalue weighted by Gasteiger charge is -2.44. The van der Waals surface area contributed by atoms with Gasteiger partial charge in [-0.05, 0) is 0 Å². The van der Waals surface area contributed by atoms with Crippen LogP contribution in [0.25, 0.3) is 0 Å². The first-order chi connectivity index (χ1) is 21.2. The summed E-state index contributed by atoms with van der Waals surface area (Å²) in [7, 11) is 0. The minimum Gasteiger partial charge on any atom is -0.394 e. The van der Waals surface area contributed by atoms with Gasteiger partial charge in [-0.25, -0.2) is 0 Å². The highest BCUT2D eigenvalue weighted by molar-refractivity contribution is 5.03. The van der Waals surface area contributed by atoms with Crippen molar-refractivity contribution < 1.29 is 105 Å². The highest BCUT2D eigenvalue weighted by Crippen LogP contribution is 2.41. The number of aliphatic hydroxyl groups excluding tert-OH is 14. The van der Waals surface area contributed by atoms with Crippen LogP contribution in [0.15, 0.2) is 0 Å². The molecule has 0 unspecified atom stereocenters. The quantitative estimate of drug-likeness (QED) is 0.0867. The van der Waals surface area contributed by atoms with Gasteiger partial charge in [0.1, 0.15) is 99.2 Å². The number of hydrogen-bond donors (Lipinski definition) is 14. The van der Waals surface area contributed by atoms with E-state index in [-0.39, 0.29) is 0 Å². The average Bonchev–Trinajstić information content (AvgIpc) is 3.55. The van der Waals surface area contributed by atoms with Gasteiger partial charge >= 0.3 is 0 Å². The Balaban J connectivity index is 1.65. The molecule has 0 aliphatic carbocycles. The van der Waals surface area contributed by atoms with E-state index in [2.05, 4.69) is 0 Å². The van der Waals surface area contributed by atoms with Crippen LogP contribution in [0, 0.1) is 0 Å². The molecular weight excluding hydrogens is 624 g/mol. The summed E-state index contributed by atoms with van der Waals surface area (Å²) in [6.45, 7) is -6.84. The Hall–Kier alpha value is -0.840. The van der Waals surface area contributed by atoms with Crippen molar-refractivity contribution in [2.24, 2.45) is 0 Å². The molecule has 4 aliphatic rings. The van der Waals surface area contributed by atoms with Gasteiger partial charge in [0.05, 0.1) is 26.4 Å². The standard InChI is InChI=1S/C24H42O21/c25-1-8-12(30)16(34)17(35)21(41-8)45-24(20(38)15(33)11(4-28)44-24)7-40-23(19(37)14(32)10(3-27)43-23)6-39-22(5-29)18(36)13(31)9(2-26)42-22/h8-21,25-38H,1-7H2/t8-,9-,10-,11-,12-,13-,14-,15-,16+,17-,18+,19+,20+,21-,22-,23-,24+/m1/s1. The van der Waals surface area contributed by atoms with E-state index in [1.165, 1.54) is 0 Å². The van der Waals surface area contributed by atoms with Crippen LogP contribution in [-0.4, -0.2) is 221 Å². The Kier molecular flexibility index (Phi) is 11.8. The maximum Gasteiger partial charge on any atom is 0.224 e. The van der Waals surface area contributed by atoms with Gasteiger partial charge in [-0.1, -0.05) is 0 Å². The van der Waals surface area contributed by atoms with E-state index in [0.29, 0.717) is 0 Å². The van der Waals surface area contributed by atoms with Gasteiger partial charge in [-0.2, -0.15) is 0 Å². The van der Waals surface area contributed by atoms with Crippen molar-refractivity contribution >= 4 is 0 Å². The van der Waals surface area contributed by atoms with Crippen LogP contribution in [-0.2, 0) is 33.2 Å². The summed E-state index contributed by atoms with van der Waals surface area (Å²) < 4.78 is 38.7. The van der Waals surface area contributed by atoms with Crippen molar-refractivity contribution in [3.63, 3.8) is 0 Å². The molecule has 21 heteroatoms. The zero-order chi connectivity index (χ0) is 33.5. The number of aliphatic hydroxyl groups is 14. The van der Waals surface area contributed by atoms with Crippen molar-refractivity contribution in [1.29, 1.82) is 0 Å². The van der Waals surface area contributed by atoms with Crippen LogP contribution >= 0.6 is 0 Å². The van der Waals surface area contributed by atoms with Crippen LogP contribution in [0.4, 0.5) is 0 Å². The second kappa shape index (κ2) is 14.3. The molecule has 4 aliphatic heterocycles. The Bertz CT molecular complexity index is 962. The molecule has 45 heavy (non-hydrogen) atoms. The van der Waals surface area contributed by atoms with Gasteiger partial charge < -0.3 is 105 Å². The summed E-state index contributed by atoms with van der Waals surface area (Å²) in [5.74, 6) is -7.73. The molecule has 264 valence electrons. The lowest BCUT2D eigenvalue weighted by molar-refractivity contribution is -0.404. The fraction of sp³-hybridized carbons (Fsp3) is 1.00. The fourth-order valence-corrected chi connectivity index (χ4v) is 5.65. The van der Waals surface area contributed by atoms with Crippen LogP contribution in [0.2, 0.25) is 0 Å². The van der Waals surface area contributed by atoms with E-state index in [0.717, 1.165) is 0 Å². The maximum atomic E-state index is 11.0. The zero-order valence-corrected chi connectivity index (χ0v) is 23.7. The highest BCUT2D eigenvalue weighted by atomic mass is 16.8. The minimum atomic E-state index is -2.67. The molecule has 0 amide bonds. The summed E-state index contributed by atoms with van der Waals surface area (Å²) in [6.07, 6.45) is -25.6. The third-order valence-corrected chi connectivity index (χ3v) is 8.48. The van der Waals surface area contributed by atoms with Gasteiger partial charge in [-0.15, -0.1) is 0 Å². The smallest absolute Gasteiger partial charge is 0.224 e. The van der Waals surface area contributed by atoms with Gasteiger partial charge in [0.25, 0.3) is 0 Å². The third-order valence-electron chi connectivity index (χ3n) is 8.48. The second-order valence-electron chi connectivity index (χ2n) is 11.3. The Morgan fingerprint density at radius 1 is 0.444 bits per heavy atom. The highest BCUT2D eigenvalue weighted by Gasteiger charge is 2.64. The van der Waals surface area contributed by atoms with Gasteiger partial charge in [0.2, 0.25) is 17.4 Å². The largest absolute Gasteiger partial charge is 0.394 e. The van der Waals surface area contributed by atoms with E-state index in [9.17, 15) is 71.5 Å². The fourth-order valence-electron chi connectivity index (χ4n) is 5.65. The van der Waals surface area contributed by atoms with Crippen LogP contribution in [0.5, 0.6) is 0 Å². The van der Waals surface area contributed by atoms with Crippen LogP contribution in [0.3, 0.4) is 0 Å². The lowest BCUT2D eigenvalue weighted by Crippen LogP contribution is -2.63. The normalized spacial score (nSPS) is 52.1. The van der Waals surface area contributed by atoms with Crippen molar-refractivity contribution in [2.45, 2.75) is 103 Å². The van der Waals surface area contributed by atoms with Crippen molar-refractivity contribution in [2.75, 3.05) is 46.2 Å². The Morgan fingerprint density at radius 3 is 1.31 bits per heavy atom. The van der Waals surface area contributed by atoms with Crippen LogP contribution < -0.4 is 0 Å². The summed E-state index contributed by atoms with van der Waals surface area (Å²) in [4.78, 5) is 0. The molecule has 0 radical (unpaired) electrons. The first kappa shape index (κ1) is 37.0. The summed E-state index contributed by atoms with van der Waals surface area (Å²) in [5, 5.41) is 143. The monoisotopic (exact) mass is 666 g/mol. The molecule has 0 saturated carbocycles. The molecule has 4 fully saturated rings. The van der Waals surface area contributed by atoms with Crippen LogP contribution in [0.1, 0.15) is 0 Å². The molecule has 17 atom stereocenters. The molecule has 14 N–H and O–H groups in total. The molecule has 0 spiro atoms. The van der Waals surface area contributed by atoms with Gasteiger partial charge in [0, 0.05) is 0 Å². The second-order valence-corrected chi connectivity index (χ2v) is 11.3. The van der Waals surface area contributed by atoms with E-state index in [4.69, 9.17) is 33.2 Å². The molecule has 0 aromatic rings. The number of hydrogen-bond acceptors (Lipinski definition) is 21. The first-order valence-electron chi connectivity index (χ1n) is 14.0. The molecule has 4 saturated heterocycles. The van der Waals surface area contributed by atoms with E-state index in [1.54, 1.807) is 0 Å². The maximum absolute atomic E-state index is 11.0. The van der Waals surface area contributed by atoms with Crippen molar-refractivity contribution in [3.8, 4) is 0 Å².